The van der Waals surface area contributed by atoms with E-state index in [0.29, 0.717) is 6.54 Å². The number of hydrogen-bond donors (Lipinski definition) is 1. The molecule has 0 spiro atoms. The molecule has 0 radical (unpaired) electrons. The molecule has 1 aliphatic heterocycles. The fourth-order valence-corrected chi connectivity index (χ4v) is 3.28. The van der Waals surface area contributed by atoms with Crippen molar-refractivity contribution >= 4 is 11.4 Å². The van der Waals surface area contributed by atoms with Gasteiger partial charge in [0, 0.05) is 17.9 Å². The Morgan fingerprint density at radius 3 is 1.87 bits per heavy atom. The van der Waals surface area contributed by atoms with E-state index in [-0.39, 0.29) is 6.10 Å². The van der Waals surface area contributed by atoms with Gasteiger partial charge < -0.3 is 14.9 Å². The maximum Gasteiger partial charge on any atom is 0.0845 e. The number of hydrogen-bond acceptors (Lipinski definition) is 3. The van der Waals surface area contributed by atoms with Gasteiger partial charge in [0.05, 0.1) is 12.6 Å². The maximum atomic E-state index is 10.6. The Balaban J connectivity index is 1.71. The van der Waals surface area contributed by atoms with Crippen molar-refractivity contribution in [2.45, 2.75) is 25.4 Å². The minimum atomic E-state index is -0.353. The van der Waals surface area contributed by atoms with Crippen LogP contribution in [0.4, 0.5) is 11.4 Å². The van der Waals surface area contributed by atoms with Crippen molar-refractivity contribution < 1.29 is 5.11 Å². The number of aliphatic hydroxyl groups excluding tert-OH is 1. The third-order valence-electron chi connectivity index (χ3n) is 4.45. The van der Waals surface area contributed by atoms with Gasteiger partial charge in [-0.1, -0.05) is 42.8 Å². The standard InChI is InChI=1S/C20H26N2O/c23-20(16-21-14-8-3-9-15-21)17-22(18-10-4-1-5-11-18)19-12-6-2-7-13-19/h1-2,4-7,10-13,20,23H,3,8-9,14-17H2/t20-/m1/s1. The second-order valence-electron chi connectivity index (χ2n) is 6.30. The molecule has 0 bridgehead atoms. The molecule has 1 heterocycles. The first kappa shape index (κ1) is 16.0. The zero-order chi connectivity index (χ0) is 15.9. The molecule has 1 aliphatic rings. The Bertz CT molecular complexity index is 527. The Morgan fingerprint density at radius 1 is 0.826 bits per heavy atom. The van der Waals surface area contributed by atoms with Gasteiger partial charge in [-0.2, -0.15) is 0 Å². The Kier molecular flexibility index (Phi) is 5.67. The van der Waals surface area contributed by atoms with E-state index in [0.717, 1.165) is 31.0 Å². The van der Waals surface area contributed by atoms with Gasteiger partial charge in [0.1, 0.15) is 0 Å². The summed E-state index contributed by atoms with van der Waals surface area (Å²) in [6.45, 7) is 3.61. The number of aliphatic hydroxyl groups is 1. The predicted octanol–water partition coefficient (Wildman–Crippen LogP) is 3.67. The van der Waals surface area contributed by atoms with Gasteiger partial charge in [-0.3, -0.25) is 0 Å². The molecular formula is C20H26N2O. The van der Waals surface area contributed by atoms with E-state index in [4.69, 9.17) is 0 Å². The highest BCUT2D eigenvalue weighted by atomic mass is 16.3. The van der Waals surface area contributed by atoms with E-state index in [2.05, 4.69) is 34.1 Å². The number of rotatable bonds is 6. The van der Waals surface area contributed by atoms with Crippen LogP contribution in [0, 0.1) is 0 Å². The minimum Gasteiger partial charge on any atom is -0.390 e. The average Bonchev–Trinajstić information content (AvgIpc) is 2.62. The van der Waals surface area contributed by atoms with E-state index in [1.54, 1.807) is 0 Å². The molecule has 3 nitrogen and oxygen atoms in total. The van der Waals surface area contributed by atoms with Crippen LogP contribution in [0.15, 0.2) is 60.7 Å². The van der Waals surface area contributed by atoms with E-state index < -0.39 is 0 Å². The molecule has 122 valence electrons. The number of β-amino-alcohol motifs (C(OH)–C–C–N with tert-alkyl or cyclic N) is 1. The molecule has 3 heteroatoms. The summed E-state index contributed by atoms with van der Waals surface area (Å²) in [6.07, 6.45) is 3.49. The highest BCUT2D eigenvalue weighted by Gasteiger charge is 2.18. The van der Waals surface area contributed by atoms with Crippen molar-refractivity contribution in [3.05, 3.63) is 60.7 Å². The molecule has 2 aromatic rings. The molecule has 3 rings (SSSR count). The lowest BCUT2D eigenvalue weighted by Gasteiger charge is -2.32. The van der Waals surface area contributed by atoms with Crippen molar-refractivity contribution in [3.8, 4) is 0 Å². The zero-order valence-corrected chi connectivity index (χ0v) is 13.6. The molecular weight excluding hydrogens is 284 g/mol. The lowest BCUT2D eigenvalue weighted by molar-refractivity contribution is 0.107. The molecule has 0 aliphatic carbocycles. The lowest BCUT2D eigenvalue weighted by atomic mass is 10.1. The number of likely N-dealkylation sites (tertiary alicyclic amines) is 1. The van der Waals surface area contributed by atoms with Gasteiger partial charge >= 0.3 is 0 Å². The van der Waals surface area contributed by atoms with Crippen molar-refractivity contribution in [3.63, 3.8) is 0 Å². The summed E-state index contributed by atoms with van der Waals surface area (Å²) in [4.78, 5) is 4.59. The van der Waals surface area contributed by atoms with Crippen LogP contribution in [-0.2, 0) is 0 Å². The minimum absolute atomic E-state index is 0.353. The van der Waals surface area contributed by atoms with Gasteiger partial charge in [-0.15, -0.1) is 0 Å². The summed E-state index contributed by atoms with van der Waals surface area (Å²) in [5.74, 6) is 0. The lowest BCUT2D eigenvalue weighted by Crippen LogP contribution is -2.41. The largest absolute Gasteiger partial charge is 0.390 e. The van der Waals surface area contributed by atoms with E-state index >= 15 is 0 Å². The van der Waals surface area contributed by atoms with Crippen molar-refractivity contribution in [1.29, 1.82) is 0 Å². The monoisotopic (exact) mass is 310 g/mol. The van der Waals surface area contributed by atoms with Crippen LogP contribution in [0.3, 0.4) is 0 Å². The topological polar surface area (TPSA) is 26.7 Å². The molecule has 1 saturated heterocycles. The summed E-state index contributed by atoms with van der Waals surface area (Å²) in [5, 5.41) is 10.6. The molecule has 23 heavy (non-hydrogen) atoms. The molecule has 0 unspecified atom stereocenters. The molecule has 0 saturated carbocycles. The number of anilines is 2. The smallest absolute Gasteiger partial charge is 0.0845 e. The Hall–Kier alpha value is -1.84. The van der Waals surface area contributed by atoms with Crippen LogP contribution in [0.5, 0.6) is 0 Å². The van der Waals surface area contributed by atoms with Crippen LogP contribution in [0.25, 0.3) is 0 Å². The summed E-state index contributed by atoms with van der Waals surface area (Å²) in [6, 6.07) is 20.6. The molecule has 1 fully saturated rings. The highest BCUT2D eigenvalue weighted by molar-refractivity contribution is 5.63. The first-order valence-corrected chi connectivity index (χ1v) is 8.61. The van der Waals surface area contributed by atoms with E-state index in [1.165, 1.54) is 19.3 Å². The fourth-order valence-electron chi connectivity index (χ4n) is 3.28. The summed E-state index contributed by atoms with van der Waals surface area (Å²) >= 11 is 0. The number of benzene rings is 2. The normalized spacial score (nSPS) is 16.9. The van der Waals surface area contributed by atoms with Crippen LogP contribution < -0.4 is 4.90 Å². The molecule has 1 atom stereocenters. The third kappa shape index (κ3) is 4.57. The summed E-state index contributed by atoms with van der Waals surface area (Å²) in [5.41, 5.74) is 2.24. The quantitative estimate of drug-likeness (QED) is 0.882. The van der Waals surface area contributed by atoms with E-state index in [9.17, 15) is 5.11 Å². The molecule has 0 amide bonds. The first-order chi connectivity index (χ1) is 11.3. The van der Waals surface area contributed by atoms with Gasteiger partial charge in [-0.25, -0.2) is 0 Å². The van der Waals surface area contributed by atoms with Gasteiger partial charge in [0.2, 0.25) is 0 Å². The fraction of sp³-hybridized carbons (Fsp3) is 0.400. The number of para-hydroxylation sites is 2. The maximum absolute atomic E-state index is 10.6. The molecule has 0 aromatic heterocycles. The predicted molar refractivity (Wildman–Crippen MR) is 96.2 cm³/mol. The van der Waals surface area contributed by atoms with Crippen molar-refractivity contribution in [2.24, 2.45) is 0 Å². The average molecular weight is 310 g/mol. The SMILES string of the molecule is O[C@H](CN1CCCCC1)CN(c1ccccc1)c1ccccc1. The van der Waals surface area contributed by atoms with Gasteiger partial charge in [-0.05, 0) is 50.2 Å². The third-order valence-corrected chi connectivity index (χ3v) is 4.45. The second-order valence-corrected chi connectivity index (χ2v) is 6.30. The molecule has 1 N–H and O–H groups in total. The van der Waals surface area contributed by atoms with Gasteiger partial charge in [0.25, 0.3) is 0 Å². The van der Waals surface area contributed by atoms with E-state index in [1.807, 2.05) is 36.4 Å². The van der Waals surface area contributed by atoms with Crippen LogP contribution in [0.1, 0.15) is 19.3 Å². The van der Waals surface area contributed by atoms with Gasteiger partial charge in [0.15, 0.2) is 0 Å². The van der Waals surface area contributed by atoms with Crippen LogP contribution in [-0.4, -0.2) is 42.3 Å². The first-order valence-electron chi connectivity index (χ1n) is 8.61. The highest BCUT2D eigenvalue weighted by Crippen LogP contribution is 2.25. The number of piperidine rings is 1. The Labute approximate surface area is 139 Å². The number of nitrogens with zero attached hydrogens (tertiary/aromatic N) is 2. The van der Waals surface area contributed by atoms with Crippen LogP contribution in [0.2, 0.25) is 0 Å². The second kappa shape index (κ2) is 8.14. The van der Waals surface area contributed by atoms with Crippen molar-refractivity contribution in [1.82, 2.24) is 4.90 Å². The van der Waals surface area contributed by atoms with Crippen molar-refractivity contribution in [2.75, 3.05) is 31.1 Å². The summed E-state index contributed by atoms with van der Waals surface area (Å²) < 4.78 is 0. The molecule has 2 aromatic carbocycles. The summed E-state index contributed by atoms with van der Waals surface area (Å²) in [7, 11) is 0. The Morgan fingerprint density at radius 2 is 1.35 bits per heavy atom. The zero-order valence-electron chi connectivity index (χ0n) is 13.6. The van der Waals surface area contributed by atoms with Crippen LogP contribution >= 0.6 is 0 Å².